The minimum absolute atomic E-state index is 0. The lowest BCUT2D eigenvalue weighted by Gasteiger charge is -2.20. The fourth-order valence-electron chi connectivity index (χ4n) is 3.52. The first kappa shape index (κ1) is 29.1. The quantitative estimate of drug-likeness (QED) is 0.326. The van der Waals surface area contributed by atoms with Crippen LogP contribution in [0.15, 0.2) is 59.6 Å². The third kappa shape index (κ3) is 7.41. The summed E-state index contributed by atoms with van der Waals surface area (Å²) in [6.45, 7) is 2.50. The van der Waals surface area contributed by atoms with Crippen LogP contribution in [0.3, 0.4) is 0 Å². The molecule has 192 valence electrons. The molecule has 2 atom stereocenters. The molecular weight excluding hydrogens is 546 g/mol. The lowest BCUT2D eigenvalue weighted by molar-refractivity contribution is -0.136. The van der Waals surface area contributed by atoms with E-state index in [1.165, 1.54) is 11.8 Å². The van der Waals surface area contributed by atoms with E-state index in [2.05, 4.69) is 10.3 Å². The van der Waals surface area contributed by atoms with Gasteiger partial charge in [0, 0.05) is 44.4 Å². The van der Waals surface area contributed by atoms with E-state index in [4.69, 9.17) is 10.5 Å². The number of halogens is 1. The van der Waals surface area contributed by atoms with Gasteiger partial charge in [-0.05, 0) is 24.6 Å². The zero-order chi connectivity index (χ0) is 25.5. The molecule has 1 fully saturated rings. The van der Waals surface area contributed by atoms with Crippen LogP contribution >= 0.6 is 28.7 Å². The Morgan fingerprint density at radius 2 is 1.72 bits per heavy atom. The van der Waals surface area contributed by atoms with Gasteiger partial charge in [-0.3, -0.25) is 19.8 Å². The maximum absolute atomic E-state index is 12.8. The van der Waals surface area contributed by atoms with Crippen LogP contribution in [0.25, 0.3) is 0 Å². The van der Waals surface area contributed by atoms with E-state index in [9.17, 15) is 14.4 Å². The Bertz CT molecular complexity index is 1130. The average molecular weight is 577 g/mol. The van der Waals surface area contributed by atoms with Gasteiger partial charge in [-0.1, -0.05) is 54.2 Å². The molecule has 9 nitrogen and oxygen atoms in total. The Morgan fingerprint density at radius 1 is 1.11 bits per heavy atom. The highest BCUT2D eigenvalue weighted by atomic mass is 79.9. The molecule has 1 aliphatic rings. The summed E-state index contributed by atoms with van der Waals surface area (Å²) < 4.78 is 0. The Balaban J connectivity index is 0.00000456. The van der Waals surface area contributed by atoms with E-state index in [-0.39, 0.29) is 41.9 Å². The monoisotopic (exact) mass is 575 g/mol. The summed E-state index contributed by atoms with van der Waals surface area (Å²) in [6, 6.07) is 16.4. The number of carbonyl (C=O) groups excluding carboxylic acids is 2. The van der Waals surface area contributed by atoms with Crippen molar-refractivity contribution in [3.05, 3.63) is 71.3 Å². The van der Waals surface area contributed by atoms with Gasteiger partial charge in [-0.2, -0.15) is 4.99 Å². The third-order valence-corrected chi connectivity index (χ3v) is 7.18. The summed E-state index contributed by atoms with van der Waals surface area (Å²) in [7, 11) is 3.62. The largest absolute Gasteiger partial charge is 0.481 e. The molecule has 1 saturated heterocycles. The van der Waals surface area contributed by atoms with Gasteiger partial charge in [-0.25, -0.2) is 0 Å². The van der Waals surface area contributed by atoms with Gasteiger partial charge < -0.3 is 20.2 Å². The summed E-state index contributed by atoms with van der Waals surface area (Å²) in [4.78, 5) is 43.7. The van der Waals surface area contributed by atoms with Gasteiger partial charge in [0.1, 0.15) is 11.1 Å². The van der Waals surface area contributed by atoms with E-state index >= 15 is 0 Å². The van der Waals surface area contributed by atoms with Gasteiger partial charge in [0.15, 0.2) is 5.17 Å². The molecule has 0 aliphatic carbocycles. The zero-order valence-electron chi connectivity index (χ0n) is 20.3. The third-order valence-electron chi connectivity index (χ3n) is 5.73. The van der Waals surface area contributed by atoms with Crippen molar-refractivity contribution in [1.82, 2.24) is 15.1 Å². The van der Waals surface area contributed by atoms with Crippen LogP contribution in [0, 0.1) is 5.41 Å². The summed E-state index contributed by atoms with van der Waals surface area (Å²) in [5.41, 5.74) is 2.17. The SMILES string of the molecule is Br.CC1C(C(=O)NCCC(=O)O)SC(=NC(=O)c2ccc(C(=N)N(C)Cc3ccccc3)cc2)N1C. The second kappa shape index (κ2) is 13.2. The number of nitrogens with one attached hydrogen (secondary N) is 2. The highest BCUT2D eigenvalue weighted by molar-refractivity contribution is 8.93. The molecule has 1 aliphatic heterocycles. The number of carboxylic acids is 1. The summed E-state index contributed by atoms with van der Waals surface area (Å²) in [5, 5.41) is 19.7. The number of aliphatic carboxylic acids is 1. The summed E-state index contributed by atoms with van der Waals surface area (Å²) in [5.74, 6) is -1.35. The number of hydrogen-bond donors (Lipinski definition) is 3. The molecule has 1 heterocycles. The molecule has 3 rings (SSSR count). The van der Waals surface area contributed by atoms with Crippen LogP contribution in [0.2, 0.25) is 0 Å². The zero-order valence-corrected chi connectivity index (χ0v) is 22.8. The van der Waals surface area contributed by atoms with Crippen molar-refractivity contribution < 1.29 is 19.5 Å². The highest BCUT2D eigenvalue weighted by Crippen LogP contribution is 2.31. The van der Waals surface area contributed by atoms with Crippen molar-refractivity contribution in [2.24, 2.45) is 4.99 Å². The van der Waals surface area contributed by atoms with E-state index in [1.807, 2.05) is 49.2 Å². The van der Waals surface area contributed by atoms with Crippen molar-refractivity contribution in [2.75, 3.05) is 20.6 Å². The van der Waals surface area contributed by atoms with Crippen LogP contribution < -0.4 is 5.32 Å². The standard InChI is InChI=1S/C25H29N5O4S.BrH/c1-16-21(24(34)27-14-13-20(31)32)35-25(30(16)3)28-23(33)19-11-9-18(10-12-19)22(26)29(2)15-17-7-5-4-6-8-17;/h4-12,16,21,26H,13-15H2,1-3H3,(H,27,34)(H,31,32);1H. The molecule has 0 spiro atoms. The van der Waals surface area contributed by atoms with E-state index in [0.717, 1.165) is 5.56 Å². The minimum atomic E-state index is -0.980. The number of hydrogen-bond acceptors (Lipinski definition) is 5. The van der Waals surface area contributed by atoms with Gasteiger partial charge in [0.05, 0.1) is 6.42 Å². The maximum Gasteiger partial charge on any atom is 0.305 e. The molecule has 0 saturated carbocycles. The highest BCUT2D eigenvalue weighted by Gasteiger charge is 2.39. The van der Waals surface area contributed by atoms with Gasteiger partial charge >= 0.3 is 5.97 Å². The molecule has 2 aromatic carbocycles. The van der Waals surface area contributed by atoms with Crippen LogP contribution in [0.4, 0.5) is 0 Å². The Morgan fingerprint density at radius 3 is 2.33 bits per heavy atom. The van der Waals surface area contributed by atoms with E-state index in [0.29, 0.717) is 28.7 Å². The first-order valence-electron chi connectivity index (χ1n) is 11.1. The fourth-order valence-corrected chi connectivity index (χ4v) is 4.79. The number of benzene rings is 2. The molecular formula is C25H30BrN5O4S. The van der Waals surface area contributed by atoms with Crippen molar-refractivity contribution in [1.29, 1.82) is 5.41 Å². The fraction of sp³-hybridized carbons (Fsp3) is 0.320. The molecule has 2 unspecified atom stereocenters. The molecule has 11 heteroatoms. The molecule has 0 bridgehead atoms. The molecule has 2 aromatic rings. The average Bonchev–Trinajstić information content (AvgIpc) is 3.12. The summed E-state index contributed by atoms with van der Waals surface area (Å²) >= 11 is 1.18. The number of thioether (sulfide) groups is 1. The lowest BCUT2D eigenvalue weighted by Crippen LogP contribution is -2.41. The van der Waals surface area contributed by atoms with Gasteiger partial charge in [-0.15, -0.1) is 17.0 Å². The van der Waals surface area contributed by atoms with Crippen molar-refractivity contribution in [3.63, 3.8) is 0 Å². The van der Waals surface area contributed by atoms with Crippen LogP contribution in [-0.2, 0) is 16.1 Å². The van der Waals surface area contributed by atoms with Crippen LogP contribution in [-0.4, -0.2) is 75.6 Å². The Kier molecular flexibility index (Phi) is 10.7. The van der Waals surface area contributed by atoms with Crippen molar-refractivity contribution in [3.8, 4) is 0 Å². The van der Waals surface area contributed by atoms with Crippen LogP contribution in [0.5, 0.6) is 0 Å². The van der Waals surface area contributed by atoms with Gasteiger partial charge in [0.25, 0.3) is 5.91 Å². The first-order chi connectivity index (χ1) is 16.7. The number of amidine groups is 2. The number of amides is 2. The predicted octanol–water partition coefficient (Wildman–Crippen LogP) is 3.24. The van der Waals surface area contributed by atoms with E-state index in [1.54, 1.807) is 36.2 Å². The number of nitrogens with zero attached hydrogens (tertiary/aromatic N) is 3. The molecule has 0 aromatic heterocycles. The number of carbonyl (C=O) groups is 3. The smallest absolute Gasteiger partial charge is 0.305 e. The normalized spacial score (nSPS) is 17.9. The Labute approximate surface area is 225 Å². The van der Waals surface area contributed by atoms with Crippen LogP contribution in [0.1, 0.15) is 34.8 Å². The predicted molar refractivity (Wildman–Crippen MR) is 147 cm³/mol. The Hall–Kier alpha value is -3.18. The minimum Gasteiger partial charge on any atom is -0.481 e. The second-order valence-electron chi connectivity index (χ2n) is 8.29. The molecule has 2 amide bonds. The van der Waals surface area contributed by atoms with E-state index < -0.39 is 17.1 Å². The first-order valence-corrected chi connectivity index (χ1v) is 12.0. The molecule has 0 radical (unpaired) electrons. The maximum atomic E-state index is 12.8. The molecule has 36 heavy (non-hydrogen) atoms. The number of aliphatic imine (C=N–C) groups is 1. The number of rotatable bonds is 8. The lowest BCUT2D eigenvalue weighted by atomic mass is 10.1. The van der Waals surface area contributed by atoms with Crippen molar-refractivity contribution in [2.45, 2.75) is 31.2 Å². The molecule has 3 N–H and O–H groups in total. The van der Waals surface area contributed by atoms with Crippen molar-refractivity contribution >= 4 is 57.5 Å². The van der Waals surface area contributed by atoms with Gasteiger partial charge in [0.2, 0.25) is 5.91 Å². The summed E-state index contributed by atoms with van der Waals surface area (Å²) in [6.07, 6.45) is -0.151. The second-order valence-corrected chi connectivity index (χ2v) is 9.40. The number of carboxylic acid groups (broad SMARTS) is 1. The topological polar surface area (TPSA) is 126 Å².